The van der Waals surface area contributed by atoms with Gasteiger partial charge < -0.3 is 9.64 Å². The number of amides is 1. The van der Waals surface area contributed by atoms with Crippen molar-refractivity contribution < 1.29 is 9.53 Å². The van der Waals surface area contributed by atoms with E-state index in [1.807, 2.05) is 19.4 Å². The molecular formula is C18H20ClN5O2S. The minimum absolute atomic E-state index is 0.164. The van der Waals surface area contributed by atoms with E-state index in [2.05, 4.69) is 19.9 Å². The first-order chi connectivity index (χ1) is 13.0. The predicted octanol–water partition coefficient (Wildman–Crippen LogP) is 2.65. The Labute approximate surface area is 166 Å². The van der Waals surface area contributed by atoms with Gasteiger partial charge in [0.25, 0.3) is 5.91 Å². The van der Waals surface area contributed by atoms with Crippen LogP contribution in [0.4, 0.5) is 0 Å². The highest BCUT2D eigenvalue weighted by Gasteiger charge is 2.43. The lowest BCUT2D eigenvalue weighted by atomic mass is 9.83. The lowest BCUT2D eigenvalue weighted by Gasteiger charge is -2.44. The topological polar surface area (TPSA) is 81.1 Å². The van der Waals surface area contributed by atoms with E-state index in [4.69, 9.17) is 16.3 Å². The number of carbonyl (C=O) groups excluding carboxylic acids is 1. The van der Waals surface area contributed by atoms with Gasteiger partial charge in [-0.2, -0.15) is 0 Å². The number of halogens is 1. The zero-order valence-electron chi connectivity index (χ0n) is 15.2. The molecule has 0 radical (unpaired) electrons. The number of nitrogens with zero attached hydrogens (tertiary/aromatic N) is 5. The van der Waals surface area contributed by atoms with Gasteiger partial charge in [-0.15, -0.1) is 0 Å². The normalized spacial score (nSPS) is 18.4. The Kier molecular flexibility index (Phi) is 5.05. The molecule has 0 N–H and O–H groups in total. The van der Waals surface area contributed by atoms with Crippen LogP contribution in [0, 0.1) is 6.92 Å². The second-order valence-corrected chi connectivity index (χ2v) is 7.91. The Morgan fingerprint density at radius 2 is 2.04 bits per heavy atom. The van der Waals surface area contributed by atoms with E-state index in [1.165, 1.54) is 18.0 Å². The van der Waals surface area contributed by atoms with Gasteiger partial charge in [0.1, 0.15) is 11.4 Å². The average Bonchev–Trinajstić information content (AvgIpc) is 2.69. The molecule has 0 atom stereocenters. The van der Waals surface area contributed by atoms with Crippen LogP contribution < -0.4 is 0 Å². The van der Waals surface area contributed by atoms with Crippen LogP contribution in [-0.4, -0.2) is 56.7 Å². The highest BCUT2D eigenvalue weighted by Crippen LogP contribution is 2.40. The Balaban J connectivity index is 1.55. The van der Waals surface area contributed by atoms with E-state index in [0.717, 1.165) is 23.5 Å². The van der Waals surface area contributed by atoms with Crippen molar-refractivity contribution in [2.24, 2.45) is 0 Å². The fraction of sp³-hybridized carbons (Fsp3) is 0.500. The second kappa shape index (κ2) is 7.33. The monoisotopic (exact) mass is 405 g/mol. The third-order valence-corrected chi connectivity index (χ3v) is 5.97. The van der Waals surface area contributed by atoms with Gasteiger partial charge in [-0.05, 0) is 38.0 Å². The van der Waals surface area contributed by atoms with Crippen LogP contribution in [0.1, 0.15) is 40.4 Å². The van der Waals surface area contributed by atoms with Crippen molar-refractivity contribution in [2.45, 2.75) is 36.9 Å². The highest BCUT2D eigenvalue weighted by atomic mass is 35.5. The molecule has 2 aromatic heterocycles. The maximum atomic E-state index is 12.9. The molecule has 0 saturated carbocycles. The lowest BCUT2D eigenvalue weighted by molar-refractivity contribution is -0.0969. The number of piperidine rings is 1. The van der Waals surface area contributed by atoms with Crippen LogP contribution in [0.15, 0.2) is 17.6 Å². The van der Waals surface area contributed by atoms with Gasteiger partial charge in [0.2, 0.25) is 0 Å². The van der Waals surface area contributed by atoms with E-state index < -0.39 is 5.60 Å². The maximum Gasteiger partial charge on any atom is 0.274 e. The first-order valence-corrected chi connectivity index (χ1v) is 10.5. The summed E-state index contributed by atoms with van der Waals surface area (Å²) >= 11 is 7.55. The SMILES string of the molecule is CSc1ncc(Cl)c(C(=O)N2CCC3(CC2)OCCc2cnc(C)nc23)n1. The van der Waals surface area contributed by atoms with E-state index >= 15 is 0 Å². The number of hydrogen-bond acceptors (Lipinski definition) is 7. The molecule has 2 aliphatic rings. The molecule has 2 aromatic rings. The Morgan fingerprint density at radius 3 is 2.78 bits per heavy atom. The molecule has 0 aromatic carbocycles. The van der Waals surface area contributed by atoms with Gasteiger partial charge in [-0.3, -0.25) is 4.79 Å². The average molecular weight is 406 g/mol. The third kappa shape index (κ3) is 3.41. The first kappa shape index (κ1) is 18.6. The summed E-state index contributed by atoms with van der Waals surface area (Å²) < 4.78 is 6.20. The molecule has 1 fully saturated rings. The van der Waals surface area contributed by atoms with E-state index in [9.17, 15) is 4.79 Å². The van der Waals surface area contributed by atoms with Crippen molar-refractivity contribution in [3.63, 3.8) is 0 Å². The molecule has 27 heavy (non-hydrogen) atoms. The van der Waals surface area contributed by atoms with E-state index in [0.29, 0.717) is 37.7 Å². The zero-order chi connectivity index (χ0) is 19.0. The summed E-state index contributed by atoms with van der Waals surface area (Å²) in [6.07, 6.45) is 7.47. The number of hydrogen-bond donors (Lipinski definition) is 0. The first-order valence-electron chi connectivity index (χ1n) is 8.85. The van der Waals surface area contributed by atoms with Crippen LogP contribution in [0.25, 0.3) is 0 Å². The summed E-state index contributed by atoms with van der Waals surface area (Å²) in [7, 11) is 0. The number of ether oxygens (including phenoxy) is 1. The van der Waals surface area contributed by atoms with Crippen molar-refractivity contribution in [1.29, 1.82) is 0 Å². The Hall–Kier alpha value is -1.77. The van der Waals surface area contributed by atoms with E-state index in [1.54, 1.807) is 4.90 Å². The van der Waals surface area contributed by atoms with Crippen molar-refractivity contribution >= 4 is 29.3 Å². The molecular weight excluding hydrogens is 386 g/mol. The molecule has 4 heterocycles. The number of fused-ring (bicyclic) bond motifs is 2. The molecule has 9 heteroatoms. The molecule has 2 aliphatic heterocycles. The maximum absolute atomic E-state index is 12.9. The summed E-state index contributed by atoms with van der Waals surface area (Å²) in [5.41, 5.74) is 1.96. The summed E-state index contributed by atoms with van der Waals surface area (Å²) in [6, 6.07) is 0. The summed E-state index contributed by atoms with van der Waals surface area (Å²) in [4.78, 5) is 32.1. The molecule has 4 rings (SSSR count). The second-order valence-electron chi connectivity index (χ2n) is 6.73. The molecule has 1 amide bonds. The summed E-state index contributed by atoms with van der Waals surface area (Å²) in [6.45, 7) is 3.68. The van der Waals surface area contributed by atoms with Crippen LogP contribution in [0.3, 0.4) is 0 Å². The number of thioether (sulfide) groups is 1. The zero-order valence-corrected chi connectivity index (χ0v) is 16.8. The molecule has 0 bridgehead atoms. The van der Waals surface area contributed by atoms with Gasteiger partial charge in [-0.1, -0.05) is 23.4 Å². The van der Waals surface area contributed by atoms with Crippen LogP contribution in [0.5, 0.6) is 0 Å². The summed E-state index contributed by atoms with van der Waals surface area (Å²) in [5.74, 6) is 0.581. The molecule has 142 valence electrons. The predicted molar refractivity (Wildman–Crippen MR) is 102 cm³/mol. The summed E-state index contributed by atoms with van der Waals surface area (Å²) in [5, 5.41) is 0.814. The van der Waals surface area contributed by atoms with Crippen LogP contribution in [0.2, 0.25) is 5.02 Å². The number of aryl methyl sites for hydroxylation is 1. The van der Waals surface area contributed by atoms with Gasteiger partial charge in [0.05, 0.1) is 23.5 Å². The standard InChI is InChI=1S/C18H20ClN5O2S/c1-11-20-9-12-3-8-26-18(15(12)22-11)4-6-24(7-5-18)16(25)14-13(19)10-21-17(23-14)27-2/h9-10H,3-8H2,1-2H3. The molecule has 1 saturated heterocycles. The minimum Gasteiger partial charge on any atom is -0.368 e. The van der Waals surface area contributed by atoms with Crippen molar-refractivity contribution in [1.82, 2.24) is 24.8 Å². The largest absolute Gasteiger partial charge is 0.368 e. The molecule has 7 nitrogen and oxygen atoms in total. The highest BCUT2D eigenvalue weighted by molar-refractivity contribution is 7.98. The van der Waals surface area contributed by atoms with Crippen LogP contribution >= 0.6 is 23.4 Å². The van der Waals surface area contributed by atoms with Crippen molar-refractivity contribution in [2.75, 3.05) is 26.0 Å². The fourth-order valence-electron chi connectivity index (χ4n) is 3.70. The van der Waals surface area contributed by atoms with Crippen molar-refractivity contribution in [3.8, 4) is 0 Å². The molecule has 1 spiro atoms. The minimum atomic E-state index is -0.433. The number of likely N-dealkylation sites (tertiary alicyclic amines) is 1. The van der Waals surface area contributed by atoms with Crippen LogP contribution in [-0.2, 0) is 16.8 Å². The fourth-order valence-corrected chi connectivity index (χ4v) is 4.21. The van der Waals surface area contributed by atoms with Gasteiger partial charge >= 0.3 is 0 Å². The number of aromatic nitrogens is 4. The van der Waals surface area contributed by atoms with Gasteiger partial charge in [0.15, 0.2) is 10.9 Å². The molecule has 0 aliphatic carbocycles. The smallest absolute Gasteiger partial charge is 0.274 e. The number of carbonyl (C=O) groups is 1. The Morgan fingerprint density at radius 1 is 1.26 bits per heavy atom. The molecule has 0 unspecified atom stereocenters. The van der Waals surface area contributed by atoms with Gasteiger partial charge in [-0.25, -0.2) is 19.9 Å². The third-order valence-electron chi connectivity index (χ3n) is 5.13. The number of rotatable bonds is 2. The van der Waals surface area contributed by atoms with Gasteiger partial charge in [0, 0.05) is 19.3 Å². The lowest BCUT2D eigenvalue weighted by Crippen LogP contribution is -2.49. The quantitative estimate of drug-likeness (QED) is 0.561. The van der Waals surface area contributed by atoms with E-state index in [-0.39, 0.29) is 16.6 Å². The van der Waals surface area contributed by atoms with Crippen molar-refractivity contribution in [3.05, 3.63) is 40.2 Å². The Bertz CT molecular complexity index is 886.